The minimum Gasteiger partial charge on any atom is -0.379 e. The summed E-state index contributed by atoms with van der Waals surface area (Å²) in [5, 5.41) is 6.72. The summed E-state index contributed by atoms with van der Waals surface area (Å²) in [7, 11) is 3.69. The van der Waals surface area contributed by atoms with E-state index in [1.54, 1.807) is 7.11 Å². The van der Waals surface area contributed by atoms with Gasteiger partial charge in [-0.25, -0.2) is 9.97 Å². The Bertz CT molecular complexity index is 461. The topological polar surface area (TPSA) is 59.1 Å². The molecule has 5 heteroatoms. The highest BCUT2D eigenvalue weighted by molar-refractivity contribution is 5.57. The summed E-state index contributed by atoms with van der Waals surface area (Å²) in [6.07, 6.45) is 3.74. The fourth-order valence-corrected chi connectivity index (χ4v) is 2.72. The van der Waals surface area contributed by atoms with E-state index in [2.05, 4.69) is 36.4 Å². The SMILES string of the molecule is CNc1nc(C(C)C)nc(NC2CCCC2OC)c1C. The van der Waals surface area contributed by atoms with Gasteiger partial charge >= 0.3 is 0 Å². The third-order valence-electron chi connectivity index (χ3n) is 3.99. The van der Waals surface area contributed by atoms with Crippen LogP contribution in [0.4, 0.5) is 11.6 Å². The van der Waals surface area contributed by atoms with Gasteiger partial charge in [-0.15, -0.1) is 0 Å². The Morgan fingerprint density at radius 2 is 1.90 bits per heavy atom. The maximum absolute atomic E-state index is 5.55. The first-order valence-corrected chi connectivity index (χ1v) is 7.42. The van der Waals surface area contributed by atoms with E-state index < -0.39 is 0 Å². The Morgan fingerprint density at radius 1 is 1.20 bits per heavy atom. The van der Waals surface area contributed by atoms with Gasteiger partial charge in [-0.1, -0.05) is 13.8 Å². The number of aromatic nitrogens is 2. The lowest BCUT2D eigenvalue weighted by Gasteiger charge is -2.22. The fraction of sp³-hybridized carbons (Fsp3) is 0.733. The molecule has 0 spiro atoms. The fourth-order valence-electron chi connectivity index (χ4n) is 2.72. The molecule has 1 fully saturated rings. The highest BCUT2D eigenvalue weighted by Crippen LogP contribution is 2.28. The van der Waals surface area contributed by atoms with Crippen LogP contribution in [0, 0.1) is 6.92 Å². The van der Waals surface area contributed by atoms with Gasteiger partial charge in [0, 0.05) is 25.6 Å². The first-order chi connectivity index (χ1) is 9.56. The van der Waals surface area contributed by atoms with Gasteiger partial charge < -0.3 is 15.4 Å². The molecule has 2 rings (SSSR count). The lowest BCUT2D eigenvalue weighted by molar-refractivity contribution is 0.101. The van der Waals surface area contributed by atoms with E-state index in [0.29, 0.717) is 12.0 Å². The van der Waals surface area contributed by atoms with Crippen molar-refractivity contribution in [3.05, 3.63) is 11.4 Å². The molecule has 1 aliphatic rings. The smallest absolute Gasteiger partial charge is 0.135 e. The molecule has 0 bridgehead atoms. The van der Waals surface area contributed by atoms with Crippen molar-refractivity contribution in [2.75, 3.05) is 24.8 Å². The summed E-state index contributed by atoms with van der Waals surface area (Å²) in [5.74, 6) is 3.01. The number of hydrogen-bond acceptors (Lipinski definition) is 5. The monoisotopic (exact) mass is 278 g/mol. The standard InChI is InChI=1S/C15H26N4O/c1-9(2)13-18-14(16-4)10(3)15(19-13)17-11-7-6-8-12(11)20-5/h9,11-12H,6-8H2,1-5H3,(H2,16,17,18,19). The molecular formula is C15H26N4O. The molecule has 1 aromatic rings. The summed E-state index contributed by atoms with van der Waals surface area (Å²) in [4.78, 5) is 9.27. The molecule has 2 unspecified atom stereocenters. The molecule has 0 amide bonds. The lowest BCUT2D eigenvalue weighted by atomic mass is 10.1. The summed E-state index contributed by atoms with van der Waals surface area (Å²) < 4.78 is 5.55. The number of hydrogen-bond donors (Lipinski definition) is 2. The number of ether oxygens (including phenoxy) is 1. The number of nitrogens with zero attached hydrogens (tertiary/aromatic N) is 2. The average molecular weight is 278 g/mol. The molecule has 1 saturated carbocycles. The van der Waals surface area contributed by atoms with Crippen LogP contribution in [0.3, 0.4) is 0 Å². The second-order valence-corrected chi connectivity index (χ2v) is 5.76. The zero-order chi connectivity index (χ0) is 14.7. The minimum atomic E-state index is 0.282. The Balaban J connectivity index is 2.28. The van der Waals surface area contributed by atoms with Gasteiger partial charge in [0.25, 0.3) is 0 Å². The third-order valence-corrected chi connectivity index (χ3v) is 3.99. The second kappa shape index (κ2) is 6.39. The van der Waals surface area contributed by atoms with Crippen molar-refractivity contribution in [2.45, 2.75) is 58.1 Å². The predicted molar refractivity (Wildman–Crippen MR) is 82.5 cm³/mol. The van der Waals surface area contributed by atoms with Gasteiger partial charge in [-0.3, -0.25) is 0 Å². The number of rotatable bonds is 5. The number of nitrogens with one attached hydrogen (secondary N) is 2. The molecule has 0 aliphatic heterocycles. The van der Waals surface area contributed by atoms with Crippen molar-refractivity contribution >= 4 is 11.6 Å². The van der Waals surface area contributed by atoms with Crippen LogP contribution >= 0.6 is 0 Å². The van der Waals surface area contributed by atoms with E-state index >= 15 is 0 Å². The quantitative estimate of drug-likeness (QED) is 0.867. The van der Waals surface area contributed by atoms with Gasteiger partial charge in [-0.05, 0) is 26.2 Å². The summed E-state index contributed by atoms with van der Waals surface area (Å²) >= 11 is 0. The zero-order valence-corrected chi connectivity index (χ0v) is 13.2. The first kappa shape index (κ1) is 15.0. The Hall–Kier alpha value is -1.36. The molecule has 0 saturated heterocycles. The summed E-state index contributed by atoms with van der Waals surface area (Å²) in [6.45, 7) is 6.28. The molecule has 5 nitrogen and oxygen atoms in total. The zero-order valence-electron chi connectivity index (χ0n) is 13.2. The van der Waals surface area contributed by atoms with Gasteiger partial charge in [0.15, 0.2) is 0 Å². The van der Waals surface area contributed by atoms with Crippen molar-refractivity contribution in [1.82, 2.24) is 9.97 Å². The Kier molecular flexibility index (Phi) is 4.81. The number of anilines is 2. The first-order valence-electron chi connectivity index (χ1n) is 7.42. The second-order valence-electron chi connectivity index (χ2n) is 5.76. The van der Waals surface area contributed by atoms with Crippen molar-refractivity contribution in [3.63, 3.8) is 0 Å². The van der Waals surface area contributed by atoms with Crippen LogP contribution in [0.15, 0.2) is 0 Å². The molecule has 0 aromatic carbocycles. The van der Waals surface area contributed by atoms with Crippen molar-refractivity contribution in [1.29, 1.82) is 0 Å². The summed E-state index contributed by atoms with van der Waals surface area (Å²) in [6, 6.07) is 0.346. The lowest BCUT2D eigenvalue weighted by Crippen LogP contribution is -2.30. The molecule has 2 atom stereocenters. The molecule has 112 valence electrons. The van der Waals surface area contributed by atoms with Crippen LogP contribution in [0.2, 0.25) is 0 Å². The molecule has 1 aliphatic carbocycles. The van der Waals surface area contributed by atoms with Gasteiger partial charge in [0.05, 0.1) is 12.1 Å². The molecule has 0 radical (unpaired) electrons. The highest BCUT2D eigenvalue weighted by atomic mass is 16.5. The van der Waals surface area contributed by atoms with Crippen LogP contribution in [-0.2, 0) is 4.74 Å². The van der Waals surface area contributed by atoms with Crippen LogP contribution in [0.1, 0.15) is 50.4 Å². The van der Waals surface area contributed by atoms with Crippen LogP contribution in [0.5, 0.6) is 0 Å². The molecule has 1 heterocycles. The maximum atomic E-state index is 5.55. The Labute approximate surface area is 121 Å². The van der Waals surface area contributed by atoms with Crippen molar-refractivity contribution in [2.24, 2.45) is 0 Å². The maximum Gasteiger partial charge on any atom is 0.135 e. The van der Waals surface area contributed by atoms with Crippen molar-refractivity contribution in [3.8, 4) is 0 Å². The highest BCUT2D eigenvalue weighted by Gasteiger charge is 2.28. The van der Waals surface area contributed by atoms with E-state index in [4.69, 9.17) is 9.72 Å². The van der Waals surface area contributed by atoms with E-state index in [1.165, 1.54) is 6.42 Å². The van der Waals surface area contributed by atoms with Crippen LogP contribution < -0.4 is 10.6 Å². The number of methoxy groups -OCH3 is 1. The third kappa shape index (κ3) is 3.03. The van der Waals surface area contributed by atoms with E-state index in [9.17, 15) is 0 Å². The minimum absolute atomic E-state index is 0.282. The van der Waals surface area contributed by atoms with E-state index in [-0.39, 0.29) is 6.10 Å². The predicted octanol–water partition coefficient (Wildman–Crippen LogP) is 2.93. The largest absolute Gasteiger partial charge is 0.379 e. The van der Waals surface area contributed by atoms with Gasteiger partial charge in [-0.2, -0.15) is 0 Å². The molecular weight excluding hydrogens is 252 g/mol. The van der Waals surface area contributed by atoms with E-state index in [1.807, 2.05) is 7.05 Å². The molecule has 20 heavy (non-hydrogen) atoms. The van der Waals surface area contributed by atoms with E-state index in [0.717, 1.165) is 35.9 Å². The van der Waals surface area contributed by atoms with Crippen LogP contribution in [-0.4, -0.2) is 36.3 Å². The van der Waals surface area contributed by atoms with Gasteiger partial charge in [0.1, 0.15) is 17.5 Å². The molecule has 2 N–H and O–H groups in total. The average Bonchev–Trinajstić information content (AvgIpc) is 2.88. The Morgan fingerprint density at radius 3 is 2.50 bits per heavy atom. The van der Waals surface area contributed by atoms with Crippen LogP contribution in [0.25, 0.3) is 0 Å². The van der Waals surface area contributed by atoms with Gasteiger partial charge in [0.2, 0.25) is 0 Å². The summed E-state index contributed by atoms with van der Waals surface area (Å²) in [5.41, 5.74) is 1.07. The van der Waals surface area contributed by atoms with Crippen molar-refractivity contribution < 1.29 is 4.74 Å². The normalized spacial score (nSPS) is 22.3. The molecule has 1 aromatic heterocycles.